The molecule has 0 bridgehead atoms. The van der Waals surface area contributed by atoms with Crippen molar-refractivity contribution < 1.29 is 9.90 Å². The number of aryl methyl sites for hydroxylation is 1. The number of nitrogens with zero attached hydrogens (tertiary/aromatic N) is 3. The molecule has 0 aliphatic rings. The van der Waals surface area contributed by atoms with Crippen LogP contribution in [0.25, 0.3) is 22.5 Å². The number of hydrogen-bond acceptors (Lipinski definition) is 4. The third-order valence-corrected chi connectivity index (χ3v) is 4.73. The second-order valence-corrected chi connectivity index (χ2v) is 6.96. The first kappa shape index (κ1) is 20.5. The third kappa shape index (κ3) is 5.85. The Morgan fingerprint density at radius 2 is 1.34 bits per heavy atom. The normalized spacial score (nSPS) is 10.8. The monoisotopic (exact) mass is 391 g/mol. The van der Waals surface area contributed by atoms with Crippen molar-refractivity contribution in [3.63, 3.8) is 0 Å². The summed E-state index contributed by atoms with van der Waals surface area (Å²) in [5.41, 5.74) is 2.71. The van der Waals surface area contributed by atoms with E-state index >= 15 is 0 Å². The van der Waals surface area contributed by atoms with Crippen molar-refractivity contribution in [1.82, 2.24) is 14.8 Å². The molecule has 1 heterocycles. The van der Waals surface area contributed by atoms with Gasteiger partial charge in [0.1, 0.15) is 11.4 Å². The van der Waals surface area contributed by atoms with Crippen molar-refractivity contribution in [2.24, 2.45) is 0 Å². The summed E-state index contributed by atoms with van der Waals surface area (Å²) in [6, 6.07) is 19.4. The molecule has 0 aliphatic heterocycles. The highest BCUT2D eigenvalue weighted by Crippen LogP contribution is 2.27. The summed E-state index contributed by atoms with van der Waals surface area (Å²) in [7, 11) is 0. The molecule has 150 valence electrons. The minimum absolute atomic E-state index is 0.215. The summed E-state index contributed by atoms with van der Waals surface area (Å²) in [6.07, 6.45) is 4.47. The largest absolute Gasteiger partial charge is 0.481 e. The Kier molecular flexibility index (Phi) is 7.28. The zero-order valence-corrected chi connectivity index (χ0v) is 16.3. The summed E-state index contributed by atoms with van der Waals surface area (Å²) in [5.74, 6) is -0.751. The smallest absolute Gasteiger partial charge is 0.364 e. The molecule has 0 atom stereocenters. The maximum absolute atomic E-state index is 12.6. The van der Waals surface area contributed by atoms with E-state index in [4.69, 9.17) is 5.11 Å². The summed E-state index contributed by atoms with van der Waals surface area (Å²) in [6.45, 7) is 0.500. The second-order valence-electron chi connectivity index (χ2n) is 6.96. The Morgan fingerprint density at radius 1 is 0.793 bits per heavy atom. The molecule has 0 saturated carbocycles. The van der Waals surface area contributed by atoms with Gasteiger partial charge < -0.3 is 5.11 Å². The molecule has 1 N–H and O–H groups in total. The van der Waals surface area contributed by atoms with Crippen LogP contribution in [0.15, 0.2) is 65.5 Å². The van der Waals surface area contributed by atoms with Gasteiger partial charge in [0.2, 0.25) is 0 Å². The number of unbranched alkanes of at least 4 members (excludes halogenated alkanes) is 4. The number of aromatic nitrogens is 3. The lowest BCUT2D eigenvalue weighted by atomic mass is 10.0. The van der Waals surface area contributed by atoms with Crippen LogP contribution >= 0.6 is 0 Å². The van der Waals surface area contributed by atoms with E-state index < -0.39 is 5.97 Å². The highest BCUT2D eigenvalue weighted by Gasteiger charge is 2.14. The van der Waals surface area contributed by atoms with E-state index in [1.54, 1.807) is 0 Å². The molecule has 29 heavy (non-hydrogen) atoms. The van der Waals surface area contributed by atoms with Gasteiger partial charge in [-0.3, -0.25) is 4.79 Å². The van der Waals surface area contributed by atoms with Crippen LogP contribution in [-0.2, 0) is 11.3 Å². The number of carboxylic acid groups (broad SMARTS) is 1. The first-order chi connectivity index (χ1) is 14.1. The topological polar surface area (TPSA) is 85.1 Å². The molecule has 3 aromatic rings. The standard InChI is InChI=1S/C23H25N3O3/c27-20(28)16-10-2-1-3-11-17-26-23(29)24-21(18-12-6-4-7-13-18)22(25-26)19-14-8-5-9-15-19/h4-9,12-15H,1-3,10-11,16-17H2,(H,27,28). The predicted octanol–water partition coefficient (Wildman–Crippen LogP) is 4.40. The van der Waals surface area contributed by atoms with Gasteiger partial charge in [0, 0.05) is 24.1 Å². The molecule has 6 heteroatoms. The summed E-state index contributed by atoms with van der Waals surface area (Å²) < 4.78 is 1.44. The van der Waals surface area contributed by atoms with E-state index in [0.717, 1.165) is 36.8 Å². The van der Waals surface area contributed by atoms with Crippen molar-refractivity contribution in [3.05, 3.63) is 71.1 Å². The molecule has 6 nitrogen and oxygen atoms in total. The second kappa shape index (κ2) is 10.3. The lowest BCUT2D eigenvalue weighted by molar-refractivity contribution is -0.137. The van der Waals surface area contributed by atoms with E-state index in [2.05, 4.69) is 10.1 Å². The average molecular weight is 391 g/mol. The highest BCUT2D eigenvalue weighted by atomic mass is 16.4. The van der Waals surface area contributed by atoms with E-state index in [1.807, 2.05) is 60.7 Å². The molecule has 0 saturated heterocycles. The van der Waals surface area contributed by atoms with Gasteiger partial charge in [-0.1, -0.05) is 79.9 Å². The molecule has 0 fully saturated rings. The van der Waals surface area contributed by atoms with Crippen LogP contribution in [0.5, 0.6) is 0 Å². The number of benzene rings is 2. The van der Waals surface area contributed by atoms with Gasteiger partial charge in [-0.05, 0) is 12.8 Å². The van der Waals surface area contributed by atoms with Gasteiger partial charge in [-0.25, -0.2) is 9.48 Å². The Bertz CT molecular complexity index is 985. The first-order valence-electron chi connectivity index (χ1n) is 9.97. The van der Waals surface area contributed by atoms with E-state index in [9.17, 15) is 9.59 Å². The maximum Gasteiger partial charge on any atom is 0.364 e. The van der Waals surface area contributed by atoms with Crippen molar-refractivity contribution in [3.8, 4) is 22.5 Å². The van der Waals surface area contributed by atoms with Crippen molar-refractivity contribution >= 4 is 5.97 Å². The minimum Gasteiger partial charge on any atom is -0.481 e. The Hall–Kier alpha value is -3.28. The summed E-state index contributed by atoms with van der Waals surface area (Å²) in [4.78, 5) is 27.4. The predicted molar refractivity (Wildman–Crippen MR) is 113 cm³/mol. The van der Waals surface area contributed by atoms with Crippen molar-refractivity contribution in [1.29, 1.82) is 0 Å². The molecule has 0 aliphatic carbocycles. The molecular formula is C23H25N3O3. The molecule has 0 radical (unpaired) electrons. The van der Waals surface area contributed by atoms with Crippen molar-refractivity contribution in [2.45, 2.75) is 45.1 Å². The lowest BCUT2D eigenvalue weighted by Gasteiger charge is -2.11. The fourth-order valence-corrected chi connectivity index (χ4v) is 3.22. The SMILES string of the molecule is O=C(O)CCCCCCCn1nc(-c2ccccc2)c(-c2ccccc2)nc1=O. The van der Waals surface area contributed by atoms with Crippen LogP contribution in [-0.4, -0.2) is 25.8 Å². The first-order valence-corrected chi connectivity index (χ1v) is 9.97. The van der Waals surface area contributed by atoms with Gasteiger partial charge in [-0.2, -0.15) is 10.1 Å². The van der Waals surface area contributed by atoms with Crippen LogP contribution < -0.4 is 5.69 Å². The zero-order chi connectivity index (χ0) is 20.5. The average Bonchev–Trinajstić information content (AvgIpc) is 2.75. The molecule has 0 spiro atoms. The van der Waals surface area contributed by atoms with E-state index in [0.29, 0.717) is 24.4 Å². The fraction of sp³-hybridized carbons (Fsp3) is 0.304. The van der Waals surface area contributed by atoms with Crippen LogP contribution in [0.1, 0.15) is 38.5 Å². The lowest BCUT2D eigenvalue weighted by Crippen LogP contribution is -2.27. The number of carboxylic acids is 1. The van der Waals surface area contributed by atoms with Crippen LogP contribution in [0.2, 0.25) is 0 Å². The molecule has 0 unspecified atom stereocenters. The van der Waals surface area contributed by atoms with E-state index in [1.165, 1.54) is 4.68 Å². The van der Waals surface area contributed by atoms with Crippen LogP contribution in [0, 0.1) is 0 Å². The Morgan fingerprint density at radius 3 is 1.97 bits per heavy atom. The minimum atomic E-state index is -0.751. The quantitative estimate of drug-likeness (QED) is 0.518. The summed E-state index contributed by atoms with van der Waals surface area (Å²) >= 11 is 0. The van der Waals surface area contributed by atoms with Gasteiger partial charge >= 0.3 is 11.7 Å². The number of carbonyl (C=O) groups is 1. The molecule has 0 amide bonds. The maximum atomic E-state index is 12.6. The molecule has 1 aromatic heterocycles. The number of aliphatic carboxylic acids is 1. The van der Waals surface area contributed by atoms with E-state index in [-0.39, 0.29) is 12.1 Å². The zero-order valence-electron chi connectivity index (χ0n) is 16.3. The summed E-state index contributed by atoms with van der Waals surface area (Å²) in [5, 5.41) is 13.3. The van der Waals surface area contributed by atoms with Gasteiger partial charge in [-0.15, -0.1) is 0 Å². The van der Waals surface area contributed by atoms with Gasteiger partial charge in [0.25, 0.3) is 0 Å². The molecule has 3 rings (SSSR count). The van der Waals surface area contributed by atoms with Gasteiger partial charge in [0.05, 0.1) is 0 Å². The molecule has 2 aromatic carbocycles. The highest BCUT2D eigenvalue weighted by molar-refractivity contribution is 5.77. The van der Waals surface area contributed by atoms with Crippen LogP contribution in [0.4, 0.5) is 0 Å². The molecular weight excluding hydrogens is 366 g/mol. The number of rotatable bonds is 10. The van der Waals surface area contributed by atoms with Gasteiger partial charge in [0.15, 0.2) is 0 Å². The fourth-order valence-electron chi connectivity index (χ4n) is 3.22. The Balaban J connectivity index is 1.76. The number of hydrogen-bond donors (Lipinski definition) is 1. The van der Waals surface area contributed by atoms with Crippen LogP contribution in [0.3, 0.4) is 0 Å². The Labute approximate surface area is 169 Å². The van der Waals surface area contributed by atoms with Crippen molar-refractivity contribution in [2.75, 3.05) is 0 Å². The third-order valence-electron chi connectivity index (χ3n) is 4.73.